The van der Waals surface area contributed by atoms with E-state index in [2.05, 4.69) is 70.2 Å². The van der Waals surface area contributed by atoms with Gasteiger partial charge in [-0.2, -0.15) is 20.3 Å². The average Bonchev–Trinajstić information content (AvgIpc) is 3.90. The monoisotopic (exact) mass is 632 g/mol. The maximum absolute atomic E-state index is 4.86. The summed E-state index contributed by atoms with van der Waals surface area (Å²) in [5, 5.41) is 30.8. The van der Waals surface area contributed by atoms with Gasteiger partial charge in [0.25, 0.3) is 0 Å². The molecule has 0 saturated heterocycles. The van der Waals surface area contributed by atoms with E-state index in [1.54, 1.807) is 71.9 Å². The fraction of sp³-hybridized carbons (Fsp3) is 0.536. The van der Waals surface area contributed by atoms with Crippen molar-refractivity contribution in [1.82, 2.24) is 70.4 Å². The Labute approximate surface area is 266 Å². The Morgan fingerprint density at radius 1 is 0.622 bits per heavy atom. The number of aryl methyl sites for hydroxylation is 9. The Morgan fingerprint density at radius 2 is 1.13 bits per heavy atom. The van der Waals surface area contributed by atoms with Gasteiger partial charge >= 0.3 is 0 Å². The highest BCUT2D eigenvalue weighted by molar-refractivity contribution is 4.78. The second-order valence-corrected chi connectivity index (χ2v) is 7.43. The first kappa shape index (κ1) is 44.4. The van der Waals surface area contributed by atoms with Crippen LogP contribution >= 0.6 is 0 Å². The van der Waals surface area contributed by atoms with Gasteiger partial charge in [-0.05, 0) is 26.8 Å². The maximum atomic E-state index is 4.86. The third kappa shape index (κ3) is 28.8. The normalized spacial score (nSPS) is 8.33. The highest BCUT2D eigenvalue weighted by Crippen LogP contribution is 1.92. The van der Waals surface area contributed by atoms with Crippen LogP contribution in [-0.4, -0.2) is 70.4 Å². The zero-order valence-corrected chi connectivity index (χ0v) is 29.5. The lowest BCUT2D eigenvalue weighted by Gasteiger charge is -1.77. The van der Waals surface area contributed by atoms with E-state index in [-0.39, 0.29) is 0 Å². The summed E-state index contributed by atoms with van der Waals surface area (Å²) in [5.74, 6) is 4.55. The number of aromatic amines is 1. The van der Waals surface area contributed by atoms with Crippen LogP contribution in [0.3, 0.4) is 0 Å². The first-order valence-corrected chi connectivity index (χ1v) is 14.4. The molecule has 45 heavy (non-hydrogen) atoms. The molecule has 6 rings (SSSR count). The third-order valence-corrected chi connectivity index (χ3v) is 3.61. The second kappa shape index (κ2) is 30.4. The predicted octanol–water partition coefficient (Wildman–Crippen LogP) is 5.49. The minimum atomic E-state index is 0.623. The number of hydrogen-bond acceptors (Lipinski definition) is 14. The smallest absolute Gasteiger partial charge is 0.223 e. The molecule has 0 aliphatic heterocycles. The van der Waals surface area contributed by atoms with E-state index in [0.717, 1.165) is 0 Å². The standard InChI is InChI=1S/3C4H6N2O.2C4H6N2.C2H4N4.3C2H6/c1-3-5-6-4(2)7-3;2*1-3-5-4(2)7-6-3;1-6-3-2-5-4-6;1-6-4-2-3-5-6;1-2-3-5-6-4-2;3*1-2/h3*1-2H3;2*2-4H,1H3;1H3,(H,3,4,5,6);3*1-2H3. The summed E-state index contributed by atoms with van der Waals surface area (Å²) in [6, 6.07) is 1.89. The summed E-state index contributed by atoms with van der Waals surface area (Å²) >= 11 is 0. The molecule has 17 heteroatoms. The molecule has 6 aromatic rings. The van der Waals surface area contributed by atoms with Crippen molar-refractivity contribution in [2.45, 2.75) is 90.0 Å². The van der Waals surface area contributed by atoms with E-state index in [0.29, 0.717) is 41.0 Å². The number of rotatable bonds is 0. The number of H-pyrrole nitrogens is 1. The quantitative estimate of drug-likeness (QED) is 0.220. The Hall–Kier alpha value is -5.09. The van der Waals surface area contributed by atoms with Gasteiger partial charge in [0.2, 0.25) is 23.6 Å². The van der Waals surface area contributed by atoms with Crippen molar-refractivity contribution in [3.8, 4) is 0 Å². The average molecular weight is 633 g/mol. The Kier molecular flexibility index (Phi) is 29.9. The molecule has 0 saturated carbocycles. The van der Waals surface area contributed by atoms with E-state index in [4.69, 9.17) is 4.42 Å². The van der Waals surface area contributed by atoms with Crippen LogP contribution in [0.15, 0.2) is 50.6 Å². The van der Waals surface area contributed by atoms with Crippen molar-refractivity contribution in [3.63, 3.8) is 0 Å². The van der Waals surface area contributed by atoms with Crippen LogP contribution in [0.25, 0.3) is 0 Å². The molecule has 6 aromatic heterocycles. The summed E-state index contributed by atoms with van der Waals surface area (Å²) in [7, 11) is 3.83. The molecule has 1 N–H and O–H groups in total. The Morgan fingerprint density at radius 3 is 1.24 bits per heavy atom. The van der Waals surface area contributed by atoms with Crippen molar-refractivity contribution in [3.05, 3.63) is 78.2 Å². The summed E-state index contributed by atoms with van der Waals surface area (Å²) in [4.78, 5) is 11.5. The molecule has 0 aliphatic carbocycles. The summed E-state index contributed by atoms with van der Waals surface area (Å²) in [6.07, 6.45) is 9.03. The minimum Gasteiger partial charge on any atom is -0.426 e. The number of tetrazole rings is 1. The van der Waals surface area contributed by atoms with Gasteiger partial charge in [0.05, 0.1) is 6.33 Å². The van der Waals surface area contributed by atoms with E-state index in [9.17, 15) is 0 Å². The van der Waals surface area contributed by atoms with Crippen LogP contribution in [-0.2, 0) is 14.1 Å². The molecular weight excluding hydrogens is 580 g/mol. The lowest BCUT2D eigenvalue weighted by Crippen LogP contribution is -1.83. The minimum absolute atomic E-state index is 0.623. The number of nitrogens with one attached hydrogen (secondary N) is 1. The van der Waals surface area contributed by atoms with Crippen LogP contribution in [0.5, 0.6) is 0 Å². The number of hydrogen-bond donors (Lipinski definition) is 1. The highest BCUT2D eigenvalue weighted by atomic mass is 16.5. The lowest BCUT2D eigenvalue weighted by molar-refractivity contribution is 0.389. The molecule has 0 aliphatic rings. The van der Waals surface area contributed by atoms with Gasteiger partial charge in [0.1, 0.15) is 0 Å². The third-order valence-electron chi connectivity index (χ3n) is 3.61. The van der Waals surface area contributed by atoms with Crippen molar-refractivity contribution in [2.24, 2.45) is 14.1 Å². The predicted molar refractivity (Wildman–Crippen MR) is 171 cm³/mol. The summed E-state index contributed by atoms with van der Waals surface area (Å²) in [6.45, 7) is 24.4. The fourth-order valence-electron chi connectivity index (χ4n) is 2.08. The Bertz CT molecular complexity index is 1140. The van der Waals surface area contributed by atoms with Gasteiger partial charge in [0, 0.05) is 66.6 Å². The van der Waals surface area contributed by atoms with Gasteiger partial charge in [-0.3, -0.25) is 4.68 Å². The maximum Gasteiger partial charge on any atom is 0.223 e. The van der Waals surface area contributed by atoms with Crippen molar-refractivity contribution < 1.29 is 13.5 Å². The first-order valence-electron chi connectivity index (χ1n) is 14.4. The molecule has 0 spiro atoms. The van der Waals surface area contributed by atoms with Crippen molar-refractivity contribution >= 4 is 0 Å². The Balaban J connectivity index is -0.000000455. The van der Waals surface area contributed by atoms with Crippen molar-refractivity contribution in [1.29, 1.82) is 0 Å². The van der Waals surface area contributed by atoms with Gasteiger partial charge < -0.3 is 18.0 Å². The lowest BCUT2D eigenvalue weighted by atomic mass is 10.7. The molecule has 0 radical (unpaired) electrons. The summed E-state index contributed by atoms with van der Waals surface area (Å²) in [5.41, 5.74) is 0. The van der Waals surface area contributed by atoms with E-state index < -0.39 is 0 Å². The fourth-order valence-corrected chi connectivity index (χ4v) is 2.08. The molecule has 6 heterocycles. The topological polar surface area (TPSA) is 207 Å². The largest absolute Gasteiger partial charge is 0.426 e. The molecule has 0 fully saturated rings. The SMILES string of the molecule is CC.CC.CC.Cc1nn[nH]n1.Cc1nnc(C)o1.Cc1noc(C)n1.Cc1noc(C)n1.Cn1cccn1.Cn1ccnc1. The van der Waals surface area contributed by atoms with E-state index >= 15 is 0 Å². The molecule has 0 atom stereocenters. The molecule has 0 unspecified atom stereocenters. The molecule has 0 aromatic carbocycles. The number of aromatic nitrogens is 14. The van der Waals surface area contributed by atoms with Crippen LogP contribution in [0, 0.1) is 48.5 Å². The molecular formula is C28H52N14O3. The second-order valence-electron chi connectivity index (χ2n) is 7.43. The number of nitrogens with zero attached hydrogens (tertiary/aromatic N) is 13. The number of imidazole rings is 1. The molecule has 17 nitrogen and oxygen atoms in total. The van der Waals surface area contributed by atoms with Crippen LogP contribution < -0.4 is 0 Å². The zero-order chi connectivity index (χ0) is 35.0. The molecule has 252 valence electrons. The van der Waals surface area contributed by atoms with Crippen LogP contribution in [0.2, 0.25) is 0 Å². The van der Waals surface area contributed by atoms with Gasteiger partial charge in [-0.1, -0.05) is 57.1 Å². The summed E-state index contributed by atoms with van der Waals surface area (Å²) < 4.78 is 17.7. The zero-order valence-electron chi connectivity index (χ0n) is 29.5. The molecule has 0 bridgehead atoms. The van der Waals surface area contributed by atoms with Crippen LogP contribution in [0.4, 0.5) is 0 Å². The first-order chi connectivity index (χ1) is 21.5. The van der Waals surface area contributed by atoms with Gasteiger partial charge in [-0.15, -0.1) is 20.4 Å². The van der Waals surface area contributed by atoms with Crippen molar-refractivity contribution in [2.75, 3.05) is 0 Å². The van der Waals surface area contributed by atoms with Gasteiger partial charge in [0.15, 0.2) is 17.5 Å². The van der Waals surface area contributed by atoms with Crippen LogP contribution in [0.1, 0.15) is 82.6 Å². The van der Waals surface area contributed by atoms with E-state index in [1.165, 1.54) is 0 Å². The highest BCUT2D eigenvalue weighted by Gasteiger charge is 1.91. The molecule has 0 amide bonds. The van der Waals surface area contributed by atoms with Gasteiger partial charge in [-0.25, -0.2) is 4.98 Å². The van der Waals surface area contributed by atoms with E-state index in [1.807, 2.05) is 78.7 Å².